The van der Waals surface area contributed by atoms with Crippen LogP contribution in [0.15, 0.2) is 36.4 Å². The number of hydrogen-bond donors (Lipinski definition) is 7. The molecule has 2 rings (SSSR count). The van der Waals surface area contributed by atoms with E-state index in [4.69, 9.17) is 0 Å². The SMILES string of the molecule is CNC(=O)C(CCCCNC(=O)c1cccc(O)c1O)NC(=O)c1cccc(O)c1O. The van der Waals surface area contributed by atoms with E-state index >= 15 is 0 Å². The topological polar surface area (TPSA) is 168 Å². The predicted molar refractivity (Wildman–Crippen MR) is 111 cm³/mol. The maximum absolute atomic E-state index is 12.4. The van der Waals surface area contributed by atoms with Crippen molar-refractivity contribution in [1.29, 1.82) is 0 Å². The van der Waals surface area contributed by atoms with Gasteiger partial charge in [0, 0.05) is 13.6 Å². The third-order valence-corrected chi connectivity index (χ3v) is 4.59. The molecule has 0 aromatic heterocycles. The summed E-state index contributed by atoms with van der Waals surface area (Å²) in [4.78, 5) is 36.6. The van der Waals surface area contributed by atoms with Crippen LogP contribution in [0, 0.1) is 0 Å². The lowest BCUT2D eigenvalue weighted by molar-refractivity contribution is -0.122. The van der Waals surface area contributed by atoms with Crippen LogP contribution in [0.25, 0.3) is 0 Å². The molecule has 1 atom stereocenters. The minimum atomic E-state index is -0.884. The lowest BCUT2D eigenvalue weighted by Gasteiger charge is -2.18. The molecular formula is C21H25N3O7. The molecule has 7 N–H and O–H groups in total. The van der Waals surface area contributed by atoms with Gasteiger partial charge in [0.25, 0.3) is 11.8 Å². The van der Waals surface area contributed by atoms with E-state index in [9.17, 15) is 34.8 Å². The standard InChI is InChI=1S/C21H25N3O7/c1-22-21(31)14(24-20(30)13-7-5-10-16(26)18(13)28)8-2-3-11-23-19(29)12-6-4-9-15(25)17(12)27/h4-7,9-10,14,25-28H,2-3,8,11H2,1H3,(H,22,31)(H,23,29)(H,24,30). The highest BCUT2D eigenvalue weighted by Crippen LogP contribution is 2.28. The fourth-order valence-corrected chi connectivity index (χ4v) is 2.88. The molecule has 10 nitrogen and oxygen atoms in total. The molecule has 0 aliphatic carbocycles. The third-order valence-electron chi connectivity index (χ3n) is 4.59. The molecule has 3 amide bonds. The second-order valence-electron chi connectivity index (χ2n) is 6.74. The van der Waals surface area contributed by atoms with Crippen LogP contribution in [0.4, 0.5) is 0 Å². The Labute approximate surface area is 178 Å². The van der Waals surface area contributed by atoms with Crippen LogP contribution in [0.1, 0.15) is 40.0 Å². The lowest BCUT2D eigenvalue weighted by atomic mass is 10.1. The van der Waals surface area contributed by atoms with Gasteiger partial charge in [0.15, 0.2) is 23.0 Å². The van der Waals surface area contributed by atoms with Crippen molar-refractivity contribution in [3.8, 4) is 23.0 Å². The Morgan fingerprint density at radius 2 is 1.39 bits per heavy atom. The average Bonchev–Trinajstić information content (AvgIpc) is 2.75. The summed E-state index contributed by atoms with van der Waals surface area (Å²) in [5.74, 6) is -3.61. The van der Waals surface area contributed by atoms with Crippen LogP contribution in [0.3, 0.4) is 0 Å². The van der Waals surface area contributed by atoms with Crippen molar-refractivity contribution in [1.82, 2.24) is 16.0 Å². The molecule has 0 radical (unpaired) electrons. The molecule has 166 valence electrons. The Kier molecular flexibility index (Phi) is 8.07. The number of nitrogens with one attached hydrogen (secondary N) is 3. The van der Waals surface area contributed by atoms with E-state index in [1.807, 2.05) is 0 Å². The summed E-state index contributed by atoms with van der Waals surface area (Å²) in [6.07, 6.45) is 1.21. The van der Waals surface area contributed by atoms with Gasteiger partial charge in [-0.1, -0.05) is 12.1 Å². The van der Waals surface area contributed by atoms with Crippen LogP contribution in [-0.2, 0) is 4.79 Å². The number of carbonyl (C=O) groups is 3. The van der Waals surface area contributed by atoms with Crippen LogP contribution < -0.4 is 16.0 Å². The van der Waals surface area contributed by atoms with Gasteiger partial charge in [-0.2, -0.15) is 0 Å². The number of rotatable bonds is 9. The zero-order chi connectivity index (χ0) is 23.0. The van der Waals surface area contributed by atoms with Crippen LogP contribution in [0.5, 0.6) is 23.0 Å². The number of unbranched alkanes of at least 4 members (excludes halogenated alkanes) is 1. The van der Waals surface area contributed by atoms with E-state index in [0.29, 0.717) is 12.8 Å². The molecule has 2 aromatic carbocycles. The summed E-state index contributed by atoms with van der Waals surface area (Å²) in [7, 11) is 1.43. The first-order valence-electron chi connectivity index (χ1n) is 9.58. The normalized spacial score (nSPS) is 11.4. The minimum absolute atomic E-state index is 0.0542. The van der Waals surface area contributed by atoms with Crippen molar-refractivity contribution in [2.24, 2.45) is 0 Å². The van der Waals surface area contributed by atoms with Crippen LogP contribution in [0.2, 0.25) is 0 Å². The van der Waals surface area contributed by atoms with Crippen molar-refractivity contribution >= 4 is 17.7 Å². The van der Waals surface area contributed by atoms with Crippen molar-refractivity contribution in [2.45, 2.75) is 25.3 Å². The van der Waals surface area contributed by atoms with Gasteiger partial charge in [-0.15, -0.1) is 0 Å². The summed E-state index contributed by atoms with van der Waals surface area (Å²) in [5.41, 5.74) is -0.214. The van der Waals surface area contributed by atoms with Gasteiger partial charge in [-0.3, -0.25) is 14.4 Å². The third kappa shape index (κ3) is 6.01. The first kappa shape index (κ1) is 23.3. The quantitative estimate of drug-likeness (QED) is 0.229. The molecule has 0 bridgehead atoms. The van der Waals surface area contributed by atoms with E-state index in [1.165, 1.54) is 43.4 Å². The lowest BCUT2D eigenvalue weighted by Crippen LogP contribution is -2.45. The summed E-state index contributed by atoms with van der Waals surface area (Å²) >= 11 is 0. The second kappa shape index (κ2) is 10.7. The van der Waals surface area contributed by atoms with E-state index in [1.54, 1.807) is 0 Å². The maximum Gasteiger partial charge on any atom is 0.255 e. The van der Waals surface area contributed by atoms with E-state index in [0.717, 1.165) is 0 Å². The fraction of sp³-hybridized carbons (Fsp3) is 0.286. The summed E-state index contributed by atoms with van der Waals surface area (Å²) < 4.78 is 0. The van der Waals surface area contributed by atoms with Gasteiger partial charge in [0.1, 0.15) is 6.04 Å². The Bertz CT molecular complexity index is 962. The van der Waals surface area contributed by atoms with Gasteiger partial charge >= 0.3 is 0 Å². The number of likely N-dealkylation sites (N-methyl/N-ethyl adjacent to an activating group) is 1. The van der Waals surface area contributed by atoms with E-state index in [-0.39, 0.29) is 24.1 Å². The molecule has 10 heteroatoms. The van der Waals surface area contributed by atoms with Crippen molar-refractivity contribution in [3.63, 3.8) is 0 Å². The summed E-state index contributed by atoms with van der Waals surface area (Å²) in [5, 5.41) is 46.1. The Hall–Kier alpha value is -3.95. The number of aromatic hydroxyl groups is 4. The molecule has 0 spiro atoms. The highest BCUT2D eigenvalue weighted by molar-refractivity contribution is 6.00. The predicted octanol–water partition coefficient (Wildman–Crippen LogP) is 0.954. The largest absolute Gasteiger partial charge is 0.504 e. The van der Waals surface area contributed by atoms with Crippen molar-refractivity contribution in [2.75, 3.05) is 13.6 Å². The molecule has 2 aromatic rings. The number of amides is 3. The molecule has 31 heavy (non-hydrogen) atoms. The van der Waals surface area contributed by atoms with Gasteiger partial charge in [-0.25, -0.2) is 0 Å². The smallest absolute Gasteiger partial charge is 0.255 e. The van der Waals surface area contributed by atoms with Crippen molar-refractivity contribution < 1.29 is 34.8 Å². The molecular weight excluding hydrogens is 406 g/mol. The van der Waals surface area contributed by atoms with Crippen LogP contribution >= 0.6 is 0 Å². The highest BCUT2D eigenvalue weighted by Gasteiger charge is 2.22. The van der Waals surface area contributed by atoms with Crippen molar-refractivity contribution in [3.05, 3.63) is 47.5 Å². The first-order chi connectivity index (χ1) is 14.8. The first-order valence-corrected chi connectivity index (χ1v) is 9.58. The number of phenolic OH excluding ortho intramolecular Hbond substituents is 4. The minimum Gasteiger partial charge on any atom is -0.504 e. The molecule has 0 saturated carbocycles. The highest BCUT2D eigenvalue weighted by atomic mass is 16.3. The molecule has 0 saturated heterocycles. The molecule has 0 aliphatic rings. The molecule has 0 aliphatic heterocycles. The molecule has 0 fully saturated rings. The Morgan fingerprint density at radius 3 is 1.94 bits per heavy atom. The van der Waals surface area contributed by atoms with Gasteiger partial charge in [0.05, 0.1) is 11.1 Å². The van der Waals surface area contributed by atoms with Gasteiger partial charge < -0.3 is 36.4 Å². The number of carbonyl (C=O) groups excluding carboxylic acids is 3. The molecule has 1 unspecified atom stereocenters. The van der Waals surface area contributed by atoms with E-state index < -0.39 is 46.8 Å². The summed E-state index contributed by atoms with van der Waals surface area (Å²) in [6.45, 7) is 0.246. The molecule has 0 heterocycles. The monoisotopic (exact) mass is 431 g/mol. The van der Waals surface area contributed by atoms with Gasteiger partial charge in [-0.05, 0) is 43.5 Å². The zero-order valence-electron chi connectivity index (χ0n) is 16.9. The maximum atomic E-state index is 12.4. The number of para-hydroxylation sites is 2. The van der Waals surface area contributed by atoms with Crippen LogP contribution in [-0.4, -0.2) is 57.8 Å². The number of phenols is 4. The zero-order valence-corrected chi connectivity index (χ0v) is 16.9. The fourth-order valence-electron chi connectivity index (χ4n) is 2.88. The second-order valence-corrected chi connectivity index (χ2v) is 6.74. The average molecular weight is 431 g/mol. The van der Waals surface area contributed by atoms with E-state index in [2.05, 4.69) is 16.0 Å². The Morgan fingerprint density at radius 1 is 0.839 bits per heavy atom. The van der Waals surface area contributed by atoms with Gasteiger partial charge in [0.2, 0.25) is 5.91 Å². The summed E-state index contributed by atoms with van der Waals surface area (Å²) in [6, 6.07) is 7.13. The number of hydrogen-bond acceptors (Lipinski definition) is 7. The number of benzene rings is 2. The Balaban J connectivity index is 1.87.